The van der Waals surface area contributed by atoms with Crippen LogP contribution in [0.3, 0.4) is 0 Å². The first-order valence-electron chi connectivity index (χ1n) is 2.55. The van der Waals surface area contributed by atoms with Crippen molar-refractivity contribution in [2.45, 2.75) is 33.6 Å². The second-order valence-electron chi connectivity index (χ2n) is 0.799. The second-order valence-corrected chi connectivity index (χ2v) is 0.799. The van der Waals surface area contributed by atoms with Crippen LogP contribution in [-0.2, 0) is 0 Å². The van der Waals surface area contributed by atoms with Gasteiger partial charge in [-0.3, -0.25) is 0 Å². The Bertz CT molecular complexity index is 20.0. The summed E-state index contributed by atoms with van der Waals surface area (Å²) < 4.78 is 21.5. The SMILES string of the molecule is CC.CCC(F)F. The molecule has 0 rings (SSSR count). The number of hydrogen-bond donors (Lipinski definition) is 0. The molecule has 0 aromatic heterocycles. The molecule has 0 bridgehead atoms. The van der Waals surface area contributed by atoms with Crippen molar-refractivity contribution >= 4 is 0 Å². The van der Waals surface area contributed by atoms with Crippen LogP contribution in [0.15, 0.2) is 0 Å². The van der Waals surface area contributed by atoms with Gasteiger partial charge >= 0.3 is 0 Å². The standard InChI is InChI=1S/C3H6F2.C2H6/c1-2-3(4)5;1-2/h3H,2H2,1H3;1-2H3. The molecular weight excluding hydrogens is 98.1 g/mol. The third kappa shape index (κ3) is 25.2. The zero-order valence-corrected chi connectivity index (χ0v) is 5.04. The smallest absolute Gasteiger partial charge is 0.211 e. The van der Waals surface area contributed by atoms with Gasteiger partial charge in [0.05, 0.1) is 0 Å². The van der Waals surface area contributed by atoms with Crippen molar-refractivity contribution in [1.29, 1.82) is 0 Å². The molecule has 2 heteroatoms. The molecule has 0 nitrogen and oxygen atoms in total. The van der Waals surface area contributed by atoms with E-state index in [1.807, 2.05) is 13.8 Å². The summed E-state index contributed by atoms with van der Waals surface area (Å²) in [6.45, 7) is 5.45. The quantitative estimate of drug-likeness (QED) is 0.486. The van der Waals surface area contributed by atoms with E-state index in [4.69, 9.17) is 0 Å². The molecule has 0 aromatic rings. The lowest BCUT2D eigenvalue weighted by molar-refractivity contribution is 0.144. The predicted octanol–water partition coefficient (Wildman–Crippen LogP) is 2.69. The highest BCUT2D eigenvalue weighted by atomic mass is 19.3. The molecule has 0 amide bonds. The highest BCUT2D eigenvalue weighted by Gasteiger charge is 1.91. The topological polar surface area (TPSA) is 0 Å². The predicted molar refractivity (Wildman–Crippen MR) is 27.6 cm³/mol. The summed E-state index contributed by atoms with van der Waals surface area (Å²) in [4.78, 5) is 0. The van der Waals surface area contributed by atoms with Gasteiger partial charge in [0.25, 0.3) is 0 Å². The number of alkyl halides is 2. The van der Waals surface area contributed by atoms with Gasteiger partial charge in [-0.05, 0) is 0 Å². The van der Waals surface area contributed by atoms with E-state index in [-0.39, 0.29) is 6.42 Å². The molecular formula is C5H12F2. The normalized spacial score (nSPS) is 7.71. The van der Waals surface area contributed by atoms with Gasteiger partial charge < -0.3 is 0 Å². The molecule has 0 spiro atoms. The Morgan fingerprint density at radius 3 is 1.43 bits per heavy atom. The van der Waals surface area contributed by atoms with E-state index >= 15 is 0 Å². The van der Waals surface area contributed by atoms with Gasteiger partial charge in [0, 0.05) is 6.42 Å². The molecule has 0 unspecified atom stereocenters. The van der Waals surface area contributed by atoms with E-state index in [1.165, 1.54) is 6.92 Å². The second kappa shape index (κ2) is 9.29. The average Bonchev–Trinajstić information content (AvgIpc) is 1.73. The Balaban J connectivity index is 0. The average molecular weight is 110 g/mol. The first-order valence-corrected chi connectivity index (χ1v) is 2.55. The monoisotopic (exact) mass is 110 g/mol. The van der Waals surface area contributed by atoms with Crippen LogP contribution < -0.4 is 0 Å². The van der Waals surface area contributed by atoms with Crippen molar-refractivity contribution < 1.29 is 8.78 Å². The largest absolute Gasteiger partial charge is 0.238 e. The van der Waals surface area contributed by atoms with Crippen LogP contribution in [-0.4, -0.2) is 6.43 Å². The summed E-state index contributed by atoms with van der Waals surface area (Å²) in [5, 5.41) is 0. The molecule has 0 N–H and O–H groups in total. The molecule has 0 saturated heterocycles. The molecule has 0 heterocycles. The van der Waals surface area contributed by atoms with E-state index < -0.39 is 6.43 Å². The lowest BCUT2D eigenvalue weighted by Gasteiger charge is -1.81. The van der Waals surface area contributed by atoms with Gasteiger partial charge in [0.2, 0.25) is 6.43 Å². The molecule has 0 aliphatic carbocycles. The fourth-order valence-corrected chi connectivity index (χ4v) is 0. The van der Waals surface area contributed by atoms with Crippen LogP contribution in [0, 0.1) is 0 Å². The minimum atomic E-state index is -2.12. The molecule has 0 aliphatic rings. The number of hydrogen-bond acceptors (Lipinski definition) is 0. The summed E-state index contributed by atoms with van der Waals surface area (Å²) in [5.41, 5.74) is 0. The first kappa shape index (κ1) is 9.97. The van der Waals surface area contributed by atoms with E-state index in [9.17, 15) is 8.78 Å². The highest BCUT2D eigenvalue weighted by molar-refractivity contribution is 4.24. The third-order valence-electron chi connectivity index (χ3n) is 0.309. The number of rotatable bonds is 1. The fourth-order valence-electron chi connectivity index (χ4n) is 0. The minimum absolute atomic E-state index is 0.0278. The van der Waals surface area contributed by atoms with Crippen molar-refractivity contribution in [1.82, 2.24) is 0 Å². The van der Waals surface area contributed by atoms with Crippen LogP contribution >= 0.6 is 0 Å². The molecule has 46 valence electrons. The van der Waals surface area contributed by atoms with Crippen molar-refractivity contribution in [3.05, 3.63) is 0 Å². The van der Waals surface area contributed by atoms with Crippen LogP contribution in [0.2, 0.25) is 0 Å². The maximum Gasteiger partial charge on any atom is 0.238 e. The molecule has 7 heavy (non-hydrogen) atoms. The van der Waals surface area contributed by atoms with Crippen LogP contribution in [0.4, 0.5) is 8.78 Å². The molecule has 0 atom stereocenters. The summed E-state index contributed by atoms with van der Waals surface area (Å²) in [7, 11) is 0. The van der Waals surface area contributed by atoms with Gasteiger partial charge in [0.1, 0.15) is 0 Å². The third-order valence-corrected chi connectivity index (χ3v) is 0.309. The Morgan fingerprint density at radius 1 is 1.29 bits per heavy atom. The van der Waals surface area contributed by atoms with E-state index in [0.29, 0.717) is 0 Å². The summed E-state index contributed by atoms with van der Waals surface area (Å²) >= 11 is 0. The Morgan fingerprint density at radius 2 is 1.43 bits per heavy atom. The van der Waals surface area contributed by atoms with E-state index in [1.54, 1.807) is 0 Å². The fraction of sp³-hybridized carbons (Fsp3) is 1.00. The summed E-state index contributed by atoms with van der Waals surface area (Å²) in [5.74, 6) is 0. The van der Waals surface area contributed by atoms with E-state index in [2.05, 4.69) is 0 Å². The van der Waals surface area contributed by atoms with Crippen LogP contribution in [0.1, 0.15) is 27.2 Å². The zero-order valence-electron chi connectivity index (χ0n) is 5.04. The molecule has 0 aromatic carbocycles. The lowest BCUT2D eigenvalue weighted by atomic mass is 10.5. The van der Waals surface area contributed by atoms with Gasteiger partial charge in [-0.1, -0.05) is 20.8 Å². The Hall–Kier alpha value is -0.140. The zero-order chi connectivity index (χ0) is 6.28. The maximum atomic E-state index is 10.8. The summed E-state index contributed by atoms with van der Waals surface area (Å²) in [6.07, 6.45) is -2.14. The van der Waals surface area contributed by atoms with Crippen LogP contribution in [0.25, 0.3) is 0 Å². The Kier molecular flexibility index (Phi) is 13.2. The van der Waals surface area contributed by atoms with Gasteiger partial charge in [-0.2, -0.15) is 0 Å². The maximum absolute atomic E-state index is 10.8. The van der Waals surface area contributed by atoms with Gasteiger partial charge in [-0.15, -0.1) is 0 Å². The number of halogens is 2. The van der Waals surface area contributed by atoms with Gasteiger partial charge in [-0.25, -0.2) is 8.78 Å². The molecule has 0 radical (unpaired) electrons. The summed E-state index contributed by atoms with van der Waals surface area (Å²) in [6, 6.07) is 0. The van der Waals surface area contributed by atoms with Crippen LogP contribution in [0.5, 0.6) is 0 Å². The van der Waals surface area contributed by atoms with Gasteiger partial charge in [0.15, 0.2) is 0 Å². The van der Waals surface area contributed by atoms with Crippen molar-refractivity contribution in [2.24, 2.45) is 0 Å². The molecule has 0 fully saturated rings. The molecule has 0 aliphatic heterocycles. The van der Waals surface area contributed by atoms with Crippen molar-refractivity contribution in [2.75, 3.05) is 0 Å². The first-order chi connectivity index (χ1) is 3.27. The van der Waals surface area contributed by atoms with Crippen molar-refractivity contribution in [3.63, 3.8) is 0 Å². The minimum Gasteiger partial charge on any atom is -0.211 e. The molecule has 0 saturated carbocycles. The van der Waals surface area contributed by atoms with E-state index in [0.717, 1.165) is 0 Å². The Labute approximate surface area is 43.5 Å². The van der Waals surface area contributed by atoms with Crippen molar-refractivity contribution in [3.8, 4) is 0 Å². The highest BCUT2D eigenvalue weighted by Crippen LogP contribution is 1.93. The lowest BCUT2D eigenvalue weighted by Crippen LogP contribution is -1.80.